The quantitative estimate of drug-likeness (QED) is 0.884. The molecule has 1 aromatic rings. The third-order valence-corrected chi connectivity index (χ3v) is 4.50. The number of hydrogen-bond acceptors (Lipinski definition) is 2. The number of halogens is 4. The lowest BCUT2D eigenvalue weighted by Gasteiger charge is -2.35. The second-order valence-electron chi connectivity index (χ2n) is 6.07. The van der Waals surface area contributed by atoms with E-state index in [-0.39, 0.29) is 36.7 Å². The molecule has 1 aromatic carbocycles. The van der Waals surface area contributed by atoms with E-state index < -0.39 is 5.82 Å². The van der Waals surface area contributed by atoms with E-state index >= 15 is 0 Å². The number of aryl methyl sites for hydroxylation is 1. The first kappa shape index (κ1) is 19.6. The Hall–Kier alpha value is -0.420. The Balaban J connectivity index is 0.00000121. The molecular weight excluding hydrogens is 329 g/mol. The van der Waals surface area contributed by atoms with Gasteiger partial charge in [0.2, 0.25) is 0 Å². The van der Waals surface area contributed by atoms with Gasteiger partial charge in [-0.15, -0.1) is 24.8 Å². The molecule has 1 heterocycles. The summed E-state index contributed by atoms with van der Waals surface area (Å²) >= 11 is 0. The van der Waals surface area contributed by atoms with Crippen molar-refractivity contribution < 1.29 is 8.78 Å². The lowest BCUT2D eigenvalue weighted by molar-refractivity contribution is 0.154. The van der Waals surface area contributed by atoms with Crippen LogP contribution >= 0.6 is 24.8 Å². The van der Waals surface area contributed by atoms with Gasteiger partial charge in [-0.25, -0.2) is 8.78 Å². The minimum Gasteiger partial charge on any atom is -0.314 e. The van der Waals surface area contributed by atoms with Crippen LogP contribution in [0.3, 0.4) is 0 Å². The number of rotatable bonds is 4. The van der Waals surface area contributed by atoms with Crippen LogP contribution in [-0.4, -0.2) is 31.1 Å². The Kier molecular flexibility index (Phi) is 7.53. The standard InChI is InChI=1S/C16H22F2N2.2ClH/c1-11-2-5-13(17)15(16(11)18)14(10-12-3-4-12)20-8-6-19-7-9-20;;/h2,5,12,14,19H,3-4,6-10H2,1H3;2*1H/t14-;;/m1../s1. The molecule has 22 heavy (non-hydrogen) atoms. The SMILES string of the molecule is Cc1ccc(F)c([C@@H](CC2CC2)N2CCNCC2)c1F.Cl.Cl. The highest BCUT2D eigenvalue weighted by atomic mass is 35.5. The predicted octanol–water partition coefficient (Wildman–Crippen LogP) is 3.86. The maximum absolute atomic E-state index is 14.5. The van der Waals surface area contributed by atoms with Crippen LogP contribution in [0, 0.1) is 24.5 Å². The van der Waals surface area contributed by atoms with Crippen LogP contribution in [0.15, 0.2) is 12.1 Å². The summed E-state index contributed by atoms with van der Waals surface area (Å²) in [6, 6.07) is 2.83. The normalized spacial score (nSPS) is 20.0. The first-order valence-corrected chi connectivity index (χ1v) is 7.56. The molecule has 0 unspecified atom stereocenters. The molecule has 0 spiro atoms. The zero-order valence-electron chi connectivity index (χ0n) is 12.8. The highest BCUT2D eigenvalue weighted by molar-refractivity contribution is 5.85. The summed E-state index contributed by atoms with van der Waals surface area (Å²) < 4.78 is 28.7. The largest absolute Gasteiger partial charge is 0.314 e. The highest BCUT2D eigenvalue weighted by Crippen LogP contribution is 2.41. The van der Waals surface area contributed by atoms with Crippen molar-refractivity contribution in [3.8, 4) is 0 Å². The molecule has 1 N–H and O–H groups in total. The van der Waals surface area contributed by atoms with Crippen LogP contribution in [-0.2, 0) is 0 Å². The lowest BCUT2D eigenvalue weighted by atomic mass is 9.96. The molecule has 2 nitrogen and oxygen atoms in total. The van der Waals surface area contributed by atoms with Crippen molar-refractivity contribution in [3.63, 3.8) is 0 Å². The summed E-state index contributed by atoms with van der Waals surface area (Å²) in [4.78, 5) is 2.25. The van der Waals surface area contributed by atoms with Crippen molar-refractivity contribution in [1.82, 2.24) is 10.2 Å². The zero-order chi connectivity index (χ0) is 14.1. The summed E-state index contributed by atoms with van der Waals surface area (Å²) in [5, 5.41) is 3.30. The Bertz CT molecular complexity index is 489. The summed E-state index contributed by atoms with van der Waals surface area (Å²) in [6.07, 6.45) is 3.30. The van der Waals surface area contributed by atoms with Crippen molar-refractivity contribution in [3.05, 3.63) is 34.9 Å². The first-order valence-electron chi connectivity index (χ1n) is 7.56. The minimum atomic E-state index is -0.391. The third-order valence-electron chi connectivity index (χ3n) is 4.50. The Labute approximate surface area is 143 Å². The van der Waals surface area contributed by atoms with Gasteiger partial charge in [0.05, 0.1) is 0 Å². The molecule has 3 rings (SSSR count). The molecule has 0 bridgehead atoms. The molecule has 1 saturated heterocycles. The van der Waals surface area contributed by atoms with Crippen LogP contribution in [0.5, 0.6) is 0 Å². The van der Waals surface area contributed by atoms with Gasteiger partial charge in [0, 0.05) is 37.8 Å². The van der Waals surface area contributed by atoms with Crippen LogP contribution in [0.25, 0.3) is 0 Å². The Morgan fingerprint density at radius 3 is 2.41 bits per heavy atom. The molecule has 0 radical (unpaired) electrons. The summed E-state index contributed by atoms with van der Waals surface area (Å²) in [5.41, 5.74) is 0.830. The fourth-order valence-electron chi connectivity index (χ4n) is 3.10. The van der Waals surface area contributed by atoms with Gasteiger partial charge in [-0.1, -0.05) is 18.9 Å². The monoisotopic (exact) mass is 352 g/mol. The van der Waals surface area contributed by atoms with Gasteiger partial charge in [0.1, 0.15) is 11.6 Å². The molecule has 0 amide bonds. The van der Waals surface area contributed by atoms with Gasteiger partial charge >= 0.3 is 0 Å². The van der Waals surface area contributed by atoms with Gasteiger partial charge < -0.3 is 5.32 Å². The highest BCUT2D eigenvalue weighted by Gasteiger charge is 2.33. The van der Waals surface area contributed by atoms with Gasteiger partial charge in [-0.05, 0) is 30.9 Å². The van der Waals surface area contributed by atoms with Gasteiger partial charge in [0.25, 0.3) is 0 Å². The van der Waals surface area contributed by atoms with Crippen molar-refractivity contribution in [1.29, 1.82) is 0 Å². The molecule has 2 aliphatic rings. The van der Waals surface area contributed by atoms with E-state index in [0.29, 0.717) is 17.0 Å². The molecule has 1 saturated carbocycles. The summed E-state index contributed by atoms with van der Waals surface area (Å²) in [5.74, 6) is -0.0966. The molecule has 126 valence electrons. The maximum Gasteiger partial charge on any atom is 0.133 e. The van der Waals surface area contributed by atoms with E-state index in [2.05, 4.69) is 10.2 Å². The third kappa shape index (κ3) is 4.31. The van der Waals surface area contributed by atoms with Crippen LogP contribution in [0.1, 0.15) is 36.4 Å². The van der Waals surface area contributed by atoms with E-state index in [9.17, 15) is 8.78 Å². The average Bonchev–Trinajstić information content (AvgIpc) is 3.27. The number of nitrogens with zero attached hydrogens (tertiary/aromatic N) is 1. The fourth-order valence-corrected chi connectivity index (χ4v) is 3.10. The van der Waals surface area contributed by atoms with E-state index in [1.165, 1.54) is 25.0 Å². The molecule has 1 atom stereocenters. The van der Waals surface area contributed by atoms with Gasteiger partial charge in [-0.3, -0.25) is 4.90 Å². The predicted molar refractivity (Wildman–Crippen MR) is 90.1 cm³/mol. The van der Waals surface area contributed by atoms with Gasteiger partial charge in [0.15, 0.2) is 0 Å². The van der Waals surface area contributed by atoms with E-state index in [0.717, 1.165) is 32.6 Å². The van der Waals surface area contributed by atoms with E-state index in [1.54, 1.807) is 6.92 Å². The Morgan fingerprint density at radius 1 is 1.18 bits per heavy atom. The Morgan fingerprint density at radius 2 is 1.82 bits per heavy atom. The molecule has 6 heteroatoms. The second-order valence-corrected chi connectivity index (χ2v) is 6.07. The number of benzene rings is 1. The van der Waals surface area contributed by atoms with Crippen molar-refractivity contribution >= 4 is 24.8 Å². The van der Waals surface area contributed by atoms with Crippen LogP contribution in [0.2, 0.25) is 0 Å². The summed E-state index contributed by atoms with van der Waals surface area (Å²) in [7, 11) is 0. The smallest absolute Gasteiger partial charge is 0.133 e. The molecule has 0 aromatic heterocycles. The van der Waals surface area contributed by atoms with Gasteiger partial charge in [-0.2, -0.15) is 0 Å². The second kappa shape index (κ2) is 8.44. The van der Waals surface area contributed by atoms with Crippen LogP contribution < -0.4 is 5.32 Å². The van der Waals surface area contributed by atoms with E-state index in [1.807, 2.05) is 0 Å². The minimum absolute atomic E-state index is 0. The lowest BCUT2D eigenvalue weighted by Crippen LogP contribution is -2.45. The topological polar surface area (TPSA) is 15.3 Å². The zero-order valence-corrected chi connectivity index (χ0v) is 14.4. The molecule has 2 fully saturated rings. The van der Waals surface area contributed by atoms with Crippen molar-refractivity contribution in [2.45, 2.75) is 32.2 Å². The number of piperazine rings is 1. The van der Waals surface area contributed by atoms with Crippen LogP contribution in [0.4, 0.5) is 8.78 Å². The average molecular weight is 353 g/mol. The number of nitrogens with one attached hydrogen (secondary N) is 1. The van der Waals surface area contributed by atoms with E-state index in [4.69, 9.17) is 0 Å². The maximum atomic E-state index is 14.5. The van der Waals surface area contributed by atoms with Crippen molar-refractivity contribution in [2.75, 3.05) is 26.2 Å². The molecule has 1 aliphatic carbocycles. The van der Waals surface area contributed by atoms with Crippen molar-refractivity contribution in [2.24, 2.45) is 5.92 Å². The molecular formula is C16H24Cl2F2N2. The summed E-state index contributed by atoms with van der Waals surface area (Å²) in [6.45, 7) is 5.24. The fraction of sp³-hybridized carbons (Fsp3) is 0.625. The number of hydrogen-bond donors (Lipinski definition) is 1. The molecule has 1 aliphatic heterocycles. The first-order chi connectivity index (χ1) is 9.66.